The second-order valence-corrected chi connectivity index (χ2v) is 5.10. The number of hydrogen-bond donors (Lipinski definition) is 1. The number of nitrogens with zero attached hydrogens (tertiary/aromatic N) is 3. The number of aliphatic hydroxyl groups is 1. The highest BCUT2D eigenvalue weighted by atomic mass is 35.5. The summed E-state index contributed by atoms with van der Waals surface area (Å²) in [5, 5.41) is 14.0. The number of rotatable bonds is 4. The maximum Gasteiger partial charge on any atom is 0.418 e. The maximum atomic E-state index is 12.5. The van der Waals surface area contributed by atoms with E-state index in [0.717, 1.165) is 5.69 Å². The first kappa shape index (κ1) is 15.9. The van der Waals surface area contributed by atoms with E-state index in [2.05, 4.69) is 5.10 Å². The molecule has 0 saturated carbocycles. The van der Waals surface area contributed by atoms with Gasteiger partial charge in [0.1, 0.15) is 0 Å². The zero-order chi connectivity index (χ0) is 15.8. The molecule has 0 radical (unpaired) electrons. The van der Waals surface area contributed by atoms with Crippen LogP contribution in [0.1, 0.15) is 30.0 Å². The largest absolute Gasteiger partial charge is 0.418 e. The lowest BCUT2D eigenvalue weighted by Gasteiger charge is -2.12. The normalized spacial score (nSPS) is 13.7. The molecule has 0 saturated heterocycles. The molecule has 1 N–H and O–H groups in total. The zero-order valence-electron chi connectivity index (χ0n) is 11.5. The summed E-state index contributed by atoms with van der Waals surface area (Å²) in [6, 6.07) is 1.24. The molecule has 1 unspecified atom stereocenters. The average molecular weight is 322 g/mol. The molecule has 0 aromatic carbocycles. The van der Waals surface area contributed by atoms with Crippen LogP contribution in [0.3, 0.4) is 0 Å². The first-order chi connectivity index (χ1) is 9.74. The Hall–Kier alpha value is -1.47. The first-order valence-electron chi connectivity index (χ1n) is 6.36. The second kappa shape index (κ2) is 5.73. The first-order valence-corrected chi connectivity index (χ1v) is 6.74. The number of halogens is 4. The molecule has 1 atom stereocenters. The van der Waals surface area contributed by atoms with Crippen molar-refractivity contribution >= 4 is 11.6 Å². The number of hydrogen-bond acceptors (Lipinski definition) is 2. The van der Waals surface area contributed by atoms with Crippen molar-refractivity contribution in [3.8, 4) is 0 Å². The van der Waals surface area contributed by atoms with E-state index in [9.17, 15) is 18.3 Å². The molecule has 0 aliphatic rings. The summed E-state index contributed by atoms with van der Waals surface area (Å²) < 4.78 is 40.6. The molecule has 116 valence electrons. The summed E-state index contributed by atoms with van der Waals surface area (Å²) in [5.74, 6) is 0. The predicted molar refractivity (Wildman–Crippen MR) is 72.2 cm³/mol. The van der Waals surface area contributed by atoms with Gasteiger partial charge in [-0.1, -0.05) is 11.6 Å². The molecule has 8 heteroatoms. The van der Waals surface area contributed by atoms with Crippen LogP contribution >= 0.6 is 11.6 Å². The van der Waals surface area contributed by atoms with Crippen molar-refractivity contribution in [1.82, 2.24) is 14.3 Å². The summed E-state index contributed by atoms with van der Waals surface area (Å²) in [6.07, 6.45) is -4.42. The molecule has 0 bridgehead atoms. The number of aryl methyl sites for hydroxylation is 2. The van der Waals surface area contributed by atoms with Crippen LogP contribution in [-0.2, 0) is 13.1 Å². The van der Waals surface area contributed by atoms with E-state index < -0.39 is 12.3 Å². The lowest BCUT2D eigenvalue weighted by molar-refractivity contribution is -0.206. The quantitative estimate of drug-likeness (QED) is 0.939. The van der Waals surface area contributed by atoms with E-state index in [-0.39, 0.29) is 12.1 Å². The predicted octanol–water partition coefficient (Wildman–Crippen LogP) is 3.31. The van der Waals surface area contributed by atoms with E-state index in [4.69, 9.17) is 11.6 Å². The third kappa shape index (κ3) is 3.24. The molecule has 0 spiro atoms. The van der Waals surface area contributed by atoms with Gasteiger partial charge >= 0.3 is 6.18 Å². The SMILES string of the molecule is CCn1nc(C)c(Cl)c1Cn1ccc(C(O)C(F)(F)F)c1. The molecule has 0 fully saturated rings. The molecule has 2 rings (SSSR count). The van der Waals surface area contributed by atoms with Crippen molar-refractivity contribution in [3.63, 3.8) is 0 Å². The summed E-state index contributed by atoms with van der Waals surface area (Å²) in [4.78, 5) is 0. The lowest BCUT2D eigenvalue weighted by Crippen LogP contribution is -2.19. The van der Waals surface area contributed by atoms with Crippen LogP contribution < -0.4 is 0 Å². The molecular weight excluding hydrogens is 307 g/mol. The topological polar surface area (TPSA) is 43.0 Å². The van der Waals surface area contributed by atoms with Crippen molar-refractivity contribution in [3.05, 3.63) is 40.4 Å². The van der Waals surface area contributed by atoms with Gasteiger partial charge in [-0.15, -0.1) is 0 Å². The van der Waals surface area contributed by atoms with Crippen LogP contribution in [0.2, 0.25) is 5.02 Å². The summed E-state index contributed by atoms with van der Waals surface area (Å²) in [6.45, 7) is 4.58. The summed E-state index contributed by atoms with van der Waals surface area (Å²) >= 11 is 6.16. The van der Waals surface area contributed by atoms with Gasteiger partial charge in [0, 0.05) is 24.5 Å². The molecule has 2 aromatic heterocycles. The monoisotopic (exact) mass is 321 g/mol. The summed E-state index contributed by atoms with van der Waals surface area (Å²) in [5.41, 5.74) is 1.20. The molecule has 0 amide bonds. The van der Waals surface area contributed by atoms with Gasteiger partial charge in [0.15, 0.2) is 6.10 Å². The van der Waals surface area contributed by atoms with Crippen LogP contribution in [0.15, 0.2) is 18.5 Å². The second-order valence-electron chi connectivity index (χ2n) is 4.72. The zero-order valence-corrected chi connectivity index (χ0v) is 12.3. The van der Waals surface area contributed by atoms with Gasteiger partial charge in [-0.05, 0) is 19.9 Å². The van der Waals surface area contributed by atoms with Gasteiger partial charge in [-0.2, -0.15) is 18.3 Å². The fourth-order valence-corrected chi connectivity index (χ4v) is 2.30. The molecule has 0 aliphatic carbocycles. The summed E-state index contributed by atoms with van der Waals surface area (Å²) in [7, 11) is 0. The highest BCUT2D eigenvalue weighted by molar-refractivity contribution is 6.31. The van der Waals surface area contributed by atoms with Crippen molar-refractivity contribution in [1.29, 1.82) is 0 Å². The van der Waals surface area contributed by atoms with Crippen LogP contribution in [0.4, 0.5) is 13.2 Å². The molecule has 4 nitrogen and oxygen atoms in total. The van der Waals surface area contributed by atoms with Gasteiger partial charge in [0.05, 0.1) is 23.0 Å². The van der Waals surface area contributed by atoms with Gasteiger partial charge in [0.25, 0.3) is 0 Å². The molecule has 2 heterocycles. The molecule has 0 aliphatic heterocycles. The Morgan fingerprint density at radius 2 is 2.10 bits per heavy atom. The van der Waals surface area contributed by atoms with Gasteiger partial charge in [0.2, 0.25) is 0 Å². The van der Waals surface area contributed by atoms with Crippen molar-refractivity contribution in [2.75, 3.05) is 0 Å². The molecular formula is C13H15ClF3N3O. The number of alkyl halides is 3. The Morgan fingerprint density at radius 1 is 1.43 bits per heavy atom. The van der Waals surface area contributed by atoms with E-state index in [1.807, 2.05) is 6.92 Å². The van der Waals surface area contributed by atoms with E-state index in [1.54, 1.807) is 16.2 Å². The van der Waals surface area contributed by atoms with E-state index in [0.29, 0.717) is 17.3 Å². The molecule has 21 heavy (non-hydrogen) atoms. The highest BCUT2D eigenvalue weighted by Gasteiger charge is 2.39. The Labute approximate surface area is 124 Å². The third-order valence-electron chi connectivity index (χ3n) is 3.18. The lowest BCUT2D eigenvalue weighted by atomic mass is 10.2. The van der Waals surface area contributed by atoms with E-state index in [1.165, 1.54) is 18.5 Å². The minimum atomic E-state index is -4.67. The molecule has 2 aromatic rings. The fourth-order valence-electron chi connectivity index (χ4n) is 2.10. The Bertz CT molecular complexity index is 633. The van der Waals surface area contributed by atoms with Gasteiger partial charge in [-0.3, -0.25) is 4.68 Å². The minimum absolute atomic E-state index is 0.196. The van der Waals surface area contributed by atoms with Crippen LogP contribution in [0, 0.1) is 6.92 Å². The Kier molecular flexibility index (Phi) is 4.34. The van der Waals surface area contributed by atoms with Crippen molar-refractivity contribution in [2.24, 2.45) is 0 Å². The van der Waals surface area contributed by atoms with E-state index >= 15 is 0 Å². The minimum Gasteiger partial charge on any atom is -0.379 e. The van der Waals surface area contributed by atoms with Crippen LogP contribution in [0.25, 0.3) is 0 Å². The number of aromatic nitrogens is 3. The fraction of sp³-hybridized carbons (Fsp3) is 0.462. The van der Waals surface area contributed by atoms with Crippen molar-refractivity contribution < 1.29 is 18.3 Å². The third-order valence-corrected chi connectivity index (χ3v) is 3.68. The highest BCUT2D eigenvalue weighted by Crippen LogP contribution is 2.32. The average Bonchev–Trinajstić information content (AvgIpc) is 2.97. The Morgan fingerprint density at radius 3 is 2.67 bits per heavy atom. The van der Waals surface area contributed by atoms with Gasteiger partial charge in [-0.25, -0.2) is 0 Å². The van der Waals surface area contributed by atoms with Crippen LogP contribution in [-0.4, -0.2) is 25.6 Å². The van der Waals surface area contributed by atoms with Gasteiger partial charge < -0.3 is 9.67 Å². The maximum absolute atomic E-state index is 12.5. The Balaban J connectivity index is 2.24. The smallest absolute Gasteiger partial charge is 0.379 e. The standard InChI is InChI=1S/C13H15ClF3N3O/c1-3-20-10(11(14)8(2)18-20)7-19-5-4-9(6-19)12(21)13(15,16)17/h4-6,12,21H,3,7H2,1-2H3. The van der Waals surface area contributed by atoms with Crippen LogP contribution in [0.5, 0.6) is 0 Å². The number of aliphatic hydroxyl groups excluding tert-OH is 1. The van der Waals surface area contributed by atoms with Crippen molar-refractivity contribution in [2.45, 2.75) is 39.2 Å².